The lowest BCUT2D eigenvalue weighted by Gasteiger charge is -2.23. The molecule has 2 aromatic heterocycles. The van der Waals surface area contributed by atoms with E-state index in [1.54, 1.807) is 23.8 Å². The van der Waals surface area contributed by atoms with E-state index in [9.17, 15) is 18.7 Å². The van der Waals surface area contributed by atoms with Crippen LogP contribution in [0.15, 0.2) is 42.6 Å². The van der Waals surface area contributed by atoms with Crippen molar-refractivity contribution in [3.63, 3.8) is 0 Å². The van der Waals surface area contributed by atoms with Crippen LogP contribution < -0.4 is 4.74 Å². The first-order valence-corrected chi connectivity index (χ1v) is 11.2. The number of carboxylic acids is 1. The molecule has 174 valence electrons. The fourth-order valence-corrected chi connectivity index (χ4v) is 4.89. The molecular weight excluding hydrogens is 438 g/mol. The van der Waals surface area contributed by atoms with Gasteiger partial charge in [0.25, 0.3) is 0 Å². The summed E-state index contributed by atoms with van der Waals surface area (Å²) in [5, 5.41) is 10.4. The Morgan fingerprint density at radius 1 is 1.18 bits per heavy atom. The van der Waals surface area contributed by atoms with E-state index >= 15 is 0 Å². The molecule has 0 fully saturated rings. The molecule has 3 heterocycles. The van der Waals surface area contributed by atoms with Gasteiger partial charge in [0.15, 0.2) is 11.6 Å². The molecule has 5 nitrogen and oxygen atoms in total. The van der Waals surface area contributed by atoms with Crippen LogP contribution in [-0.4, -0.2) is 27.2 Å². The first kappa shape index (κ1) is 22.1. The lowest BCUT2D eigenvalue weighted by atomic mass is 9.88. The zero-order valence-corrected chi connectivity index (χ0v) is 19.0. The molecule has 0 spiro atoms. The number of hydrogen-bond donors (Lipinski definition) is 1. The molecule has 0 unspecified atom stereocenters. The van der Waals surface area contributed by atoms with Gasteiger partial charge in [0.2, 0.25) is 0 Å². The van der Waals surface area contributed by atoms with Crippen molar-refractivity contribution in [3.05, 3.63) is 82.2 Å². The second kappa shape index (κ2) is 8.56. The third-order valence-corrected chi connectivity index (χ3v) is 6.57. The van der Waals surface area contributed by atoms with Gasteiger partial charge in [-0.1, -0.05) is 18.2 Å². The Morgan fingerprint density at radius 3 is 2.79 bits per heavy atom. The third kappa shape index (κ3) is 3.71. The van der Waals surface area contributed by atoms with E-state index in [0.29, 0.717) is 23.5 Å². The quantitative estimate of drug-likeness (QED) is 0.419. The van der Waals surface area contributed by atoms with Crippen molar-refractivity contribution in [1.29, 1.82) is 0 Å². The van der Waals surface area contributed by atoms with Crippen LogP contribution in [-0.2, 0) is 24.2 Å². The average molecular weight is 462 g/mol. The Hall–Kier alpha value is -3.74. The van der Waals surface area contributed by atoms with E-state index in [1.165, 1.54) is 6.07 Å². The zero-order chi connectivity index (χ0) is 24.0. The minimum atomic E-state index is -0.939. The number of aliphatic carboxylic acids is 1. The number of pyridine rings is 1. The van der Waals surface area contributed by atoms with Crippen LogP contribution in [0.5, 0.6) is 5.75 Å². The summed E-state index contributed by atoms with van der Waals surface area (Å²) in [7, 11) is 0. The van der Waals surface area contributed by atoms with Crippen LogP contribution in [0, 0.1) is 25.5 Å². The van der Waals surface area contributed by atoms with Gasteiger partial charge in [0.1, 0.15) is 11.4 Å². The van der Waals surface area contributed by atoms with E-state index in [4.69, 9.17) is 9.72 Å². The van der Waals surface area contributed by atoms with Gasteiger partial charge in [-0.15, -0.1) is 0 Å². The molecule has 1 N–H and O–H groups in total. The molecule has 2 aromatic carbocycles. The number of carbonyl (C=O) groups is 1. The molecule has 7 heteroatoms. The highest BCUT2D eigenvalue weighted by molar-refractivity contribution is 5.98. The van der Waals surface area contributed by atoms with Crippen molar-refractivity contribution < 1.29 is 23.4 Å². The van der Waals surface area contributed by atoms with Crippen molar-refractivity contribution in [2.75, 3.05) is 6.61 Å². The van der Waals surface area contributed by atoms with Crippen molar-refractivity contribution >= 4 is 17.0 Å². The van der Waals surface area contributed by atoms with Crippen LogP contribution in [0.3, 0.4) is 0 Å². The van der Waals surface area contributed by atoms with Crippen LogP contribution in [0.1, 0.15) is 34.4 Å². The number of carboxylic acid groups (broad SMARTS) is 1. The Labute approximate surface area is 195 Å². The molecule has 0 saturated carbocycles. The molecule has 0 bridgehead atoms. The van der Waals surface area contributed by atoms with Crippen LogP contribution in [0.25, 0.3) is 22.2 Å². The molecule has 1 aliphatic rings. The Morgan fingerprint density at radius 2 is 2.00 bits per heavy atom. The zero-order valence-electron chi connectivity index (χ0n) is 19.0. The minimum absolute atomic E-state index is 0.105. The van der Waals surface area contributed by atoms with E-state index in [1.807, 2.05) is 25.1 Å². The molecule has 0 amide bonds. The minimum Gasteiger partial charge on any atom is -0.493 e. The predicted octanol–water partition coefficient (Wildman–Crippen LogP) is 5.60. The largest absolute Gasteiger partial charge is 0.493 e. The fourth-order valence-electron chi connectivity index (χ4n) is 4.89. The predicted molar refractivity (Wildman–Crippen MR) is 125 cm³/mol. The summed E-state index contributed by atoms with van der Waals surface area (Å²) in [5.74, 6) is -1.84. The molecule has 5 rings (SSSR count). The highest BCUT2D eigenvalue weighted by Gasteiger charge is 2.23. The van der Waals surface area contributed by atoms with Crippen molar-refractivity contribution in [2.45, 2.75) is 39.7 Å². The summed E-state index contributed by atoms with van der Waals surface area (Å²) < 4.78 is 35.7. The molecule has 0 atom stereocenters. The van der Waals surface area contributed by atoms with Gasteiger partial charge in [0, 0.05) is 22.8 Å². The highest BCUT2D eigenvalue weighted by atomic mass is 19.2. The monoisotopic (exact) mass is 462 g/mol. The topological polar surface area (TPSA) is 64.4 Å². The molecule has 1 aliphatic heterocycles. The number of nitrogens with zero attached hydrogens (tertiary/aromatic N) is 2. The number of aromatic nitrogens is 2. The Bertz CT molecular complexity index is 1440. The number of aryl methyl sites for hydroxylation is 1. The molecule has 4 aromatic rings. The first-order valence-electron chi connectivity index (χ1n) is 11.2. The third-order valence-electron chi connectivity index (χ3n) is 6.57. The van der Waals surface area contributed by atoms with Crippen molar-refractivity contribution in [3.8, 4) is 16.9 Å². The number of benzene rings is 2. The maximum atomic E-state index is 14.4. The SMILES string of the molecule is Cc1nc2c(ccn2Cc2cccc(F)c2F)c(-c2ccc3c(c2C)CCCO3)c1CC(=O)O. The second-order valence-corrected chi connectivity index (χ2v) is 8.68. The summed E-state index contributed by atoms with van der Waals surface area (Å²) in [4.78, 5) is 16.4. The average Bonchev–Trinajstić information content (AvgIpc) is 3.20. The van der Waals surface area contributed by atoms with E-state index in [2.05, 4.69) is 0 Å². The summed E-state index contributed by atoms with van der Waals surface area (Å²) in [6.45, 7) is 4.62. The maximum absolute atomic E-state index is 14.4. The van der Waals surface area contributed by atoms with Gasteiger partial charge in [-0.25, -0.2) is 13.8 Å². The fraction of sp³-hybridized carbons (Fsp3) is 0.259. The maximum Gasteiger partial charge on any atom is 0.307 e. The van der Waals surface area contributed by atoms with Crippen LogP contribution in [0.2, 0.25) is 0 Å². The Kier molecular flexibility index (Phi) is 5.55. The summed E-state index contributed by atoms with van der Waals surface area (Å²) >= 11 is 0. The van der Waals surface area contributed by atoms with E-state index < -0.39 is 17.6 Å². The number of halogens is 2. The molecule has 0 radical (unpaired) electrons. The van der Waals surface area contributed by atoms with Crippen molar-refractivity contribution in [1.82, 2.24) is 9.55 Å². The molecule has 34 heavy (non-hydrogen) atoms. The Balaban J connectivity index is 1.73. The smallest absolute Gasteiger partial charge is 0.307 e. The van der Waals surface area contributed by atoms with Gasteiger partial charge >= 0.3 is 5.97 Å². The summed E-state index contributed by atoms with van der Waals surface area (Å²) in [6.07, 6.45) is 3.45. The van der Waals surface area contributed by atoms with Gasteiger partial charge in [0.05, 0.1) is 19.6 Å². The normalized spacial score (nSPS) is 13.1. The summed E-state index contributed by atoms with van der Waals surface area (Å²) in [5.41, 5.74) is 6.00. The molecular formula is C27H24F2N2O3. The number of fused-ring (bicyclic) bond motifs is 2. The number of rotatable bonds is 5. The highest BCUT2D eigenvalue weighted by Crippen LogP contribution is 2.40. The van der Waals surface area contributed by atoms with Gasteiger partial charge in [-0.3, -0.25) is 4.79 Å². The van der Waals surface area contributed by atoms with E-state index in [0.717, 1.165) is 52.3 Å². The summed E-state index contributed by atoms with van der Waals surface area (Å²) in [6, 6.07) is 9.91. The van der Waals surface area contributed by atoms with Gasteiger partial charge < -0.3 is 14.4 Å². The second-order valence-electron chi connectivity index (χ2n) is 8.68. The van der Waals surface area contributed by atoms with Crippen molar-refractivity contribution in [2.24, 2.45) is 0 Å². The number of ether oxygens (including phenoxy) is 1. The van der Waals surface area contributed by atoms with Crippen LogP contribution in [0.4, 0.5) is 8.78 Å². The lowest BCUT2D eigenvalue weighted by Crippen LogP contribution is -2.11. The lowest BCUT2D eigenvalue weighted by molar-refractivity contribution is -0.136. The van der Waals surface area contributed by atoms with Crippen LogP contribution >= 0.6 is 0 Å². The van der Waals surface area contributed by atoms with Gasteiger partial charge in [-0.05, 0) is 72.7 Å². The van der Waals surface area contributed by atoms with E-state index in [-0.39, 0.29) is 18.5 Å². The molecule has 0 saturated heterocycles. The van der Waals surface area contributed by atoms with Gasteiger partial charge in [-0.2, -0.15) is 0 Å². The standard InChI is InChI=1S/C27H24F2N2O3/c1-15-18-6-4-12-34-23(18)9-8-19(15)25-20-10-11-31(14-17-5-3-7-22(28)26(17)29)27(20)30-16(2)21(25)13-24(32)33/h3,5,7-11H,4,6,12-14H2,1-2H3,(H,32,33). The number of hydrogen-bond acceptors (Lipinski definition) is 3. The molecule has 0 aliphatic carbocycles. The first-order chi connectivity index (χ1) is 16.3.